The van der Waals surface area contributed by atoms with E-state index >= 15 is 0 Å². The summed E-state index contributed by atoms with van der Waals surface area (Å²) in [4.78, 5) is 0. The highest BCUT2D eigenvalue weighted by atomic mass is 19.1. The zero-order valence-electron chi connectivity index (χ0n) is 7.60. The average molecular weight is 156 g/mol. The molecular formula is C10H17F. The van der Waals surface area contributed by atoms with Crippen LogP contribution in [0.5, 0.6) is 0 Å². The molecule has 0 amide bonds. The molecule has 0 heterocycles. The molecule has 0 N–H and O–H groups in total. The molecule has 0 aromatic carbocycles. The highest BCUT2D eigenvalue weighted by Gasteiger charge is 1.79. The largest absolute Gasteiger partial charge is 0.246 e. The van der Waals surface area contributed by atoms with Crippen LogP contribution in [0, 0.1) is 0 Å². The number of rotatable bonds is 3. The molecule has 0 aliphatic heterocycles. The molecule has 0 saturated carbocycles. The van der Waals surface area contributed by atoms with Gasteiger partial charge in [0, 0.05) is 0 Å². The van der Waals surface area contributed by atoms with Crippen LogP contribution in [-0.2, 0) is 0 Å². The first-order valence-corrected chi connectivity index (χ1v) is 3.82. The van der Waals surface area contributed by atoms with Gasteiger partial charge < -0.3 is 0 Å². The highest BCUT2D eigenvalue weighted by Crippen LogP contribution is 1.92. The maximum Gasteiger partial charge on any atom is 0.111 e. The van der Waals surface area contributed by atoms with Crippen molar-refractivity contribution >= 4 is 0 Å². The molecule has 0 unspecified atom stereocenters. The fourth-order valence-electron chi connectivity index (χ4n) is 0.343. The van der Waals surface area contributed by atoms with E-state index in [4.69, 9.17) is 0 Å². The van der Waals surface area contributed by atoms with Crippen LogP contribution in [0.15, 0.2) is 36.5 Å². The van der Waals surface area contributed by atoms with Gasteiger partial charge in [-0.25, -0.2) is 4.39 Å². The van der Waals surface area contributed by atoms with Gasteiger partial charge in [-0.2, -0.15) is 0 Å². The number of halogens is 1. The molecule has 64 valence electrons. The van der Waals surface area contributed by atoms with E-state index in [1.807, 2.05) is 13.8 Å². The Morgan fingerprint density at radius 1 is 1.36 bits per heavy atom. The predicted octanol–water partition coefficient (Wildman–Crippen LogP) is 3.67. The van der Waals surface area contributed by atoms with Crippen molar-refractivity contribution < 1.29 is 4.39 Å². The Morgan fingerprint density at radius 3 is 2.27 bits per heavy atom. The maximum absolute atomic E-state index is 11.7. The lowest BCUT2D eigenvalue weighted by Crippen LogP contribution is -1.73. The maximum atomic E-state index is 11.7. The summed E-state index contributed by atoms with van der Waals surface area (Å²) < 4.78 is 11.7. The molecule has 0 atom stereocenters. The summed E-state index contributed by atoms with van der Waals surface area (Å²) in [6.45, 7) is 8.84. The second-order valence-electron chi connectivity index (χ2n) is 1.77. The summed E-state index contributed by atoms with van der Waals surface area (Å²) in [5, 5.41) is 0. The molecule has 0 aliphatic carbocycles. The zero-order chi connectivity index (χ0) is 9.11. The molecule has 0 saturated heterocycles. The molecule has 0 fully saturated rings. The lowest BCUT2D eigenvalue weighted by Gasteiger charge is -1.84. The van der Waals surface area contributed by atoms with Crippen LogP contribution in [0.25, 0.3) is 0 Å². The van der Waals surface area contributed by atoms with Gasteiger partial charge in [0.05, 0.1) is 0 Å². The topological polar surface area (TPSA) is 0 Å². The van der Waals surface area contributed by atoms with Gasteiger partial charge in [0.1, 0.15) is 6.67 Å². The van der Waals surface area contributed by atoms with E-state index in [1.54, 1.807) is 31.2 Å². The quantitative estimate of drug-likeness (QED) is 0.547. The fraction of sp³-hybridized carbons (Fsp3) is 0.400. The van der Waals surface area contributed by atoms with Gasteiger partial charge in [0.2, 0.25) is 0 Å². The summed E-state index contributed by atoms with van der Waals surface area (Å²) in [5.74, 6) is 0. The molecule has 0 aromatic rings. The molecule has 0 aliphatic rings. The third kappa shape index (κ3) is 12.4. The van der Waals surface area contributed by atoms with Crippen molar-refractivity contribution in [3.63, 3.8) is 0 Å². The van der Waals surface area contributed by atoms with Crippen LogP contribution >= 0.6 is 0 Å². The SMILES string of the molecule is C=C/C=C\C=C(\C)CF.CC. The molecule has 11 heavy (non-hydrogen) atoms. The summed E-state index contributed by atoms with van der Waals surface area (Å²) in [6.07, 6.45) is 6.91. The molecule has 0 spiro atoms. The van der Waals surface area contributed by atoms with E-state index in [2.05, 4.69) is 6.58 Å². The second-order valence-corrected chi connectivity index (χ2v) is 1.77. The van der Waals surface area contributed by atoms with Gasteiger partial charge in [-0.3, -0.25) is 0 Å². The first-order valence-electron chi connectivity index (χ1n) is 3.82. The van der Waals surface area contributed by atoms with Crippen LogP contribution in [-0.4, -0.2) is 6.67 Å². The Kier molecular flexibility index (Phi) is 13.8. The predicted molar refractivity (Wildman–Crippen MR) is 50.4 cm³/mol. The van der Waals surface area contributed by atoms with Crippen molar-refractivity contribution in [3.05, 3.63) is 36.5 Å². The van der Waals surface area contributed by atoms with Crippen LogP contribution in [0.2, 0.25) is 0 Å². The average Bonchev–Trinajstić information content (AvgIpc) is 2.08. The Hall–Kier alpha value is -0.850. The molecular weight excluding hydrogens is 139 g/mol. The lowest BCUT2D eigenvalue weighted by atomic mass is 10.3. The number of allylic oxidation sites excluding steroid dienone is 5. The summed E-state index contributed by atoms with van der Waals surface area (Å²) in [7, 11) is 0. The van der Waals surface area contributed by atoms with Crippen molar-refractivity contribution in [3.8, 4) is 0 Å². The van der Waals surface area contributed by atoms with Crippen LogP contribution in [0.3, 0.4) is 0 Å². The Labute approximate surface area is 69.1 Å². The molecule has 1 heteroatoms. The van der Waals surface area contributed by atoms with Crippen molar-refractivity contribution in [2.45, 2.75) is 20.8 Å². The summed E-state index contributed by atoms with van der Waals surface area (Å²) in [5.41, 5.74) is 0.730. The van der Waals surface area contributed by atoms with Gasteiger partial charge >= 0.3 is 0 Å². The highest BCUT2D eigenvalue weighted by molar-refractivity contribution is 5.14. The third-order valence-electron chi connectivity index (χ3n) is 0.839. The minimum Gasteiger partial charge on any atom is -0.246 e. The van der Waals surface area contributed by atoms with Crippen LogP contribution in [0.1, 0.15) is 20.8 Å². The minimum atomic E-state index is -0.374. The first-order chi connectivity index (χ1) is 5.31. The molecule has 0 rings (SSSR count). The standard InChI is InChI=1S/C8H11F.C2H6/c1-3-4-5-6-8(2)7-9;1-2/h3-6H,1,7H2,2H3;1-2H3/b5-4-,8-6-;. The number of hydrogen-bond acceptors (Lipinski definition) is 0. The molecule has 0 bridgehead atoms. The van der Waals surface area contributed by atoms with Gasteiger partial charge in [-0.15, -0.1) is 0 Å². The van der Waals surface area contributed by atoms with Crippen molar-refractivity contribution in [1.29, 1.82) is 0 Å². The Morgan fingerprint density at radius 2 is 1.91 bits per heavy atom. The number of alkyl halides is 1. The van der Waals surface area contributed by atoms with E-state index in [-0.39, 0.29) is 6.67 Å². The fourth-order valence-corrected chi connectivity index (χ4v) is 0.343. The Bertz CT molecular complexity index is 132. The van der Waals surface area contributed by atoms with Crippen LogP contribution < -0.4 is 0 Å². The van der Waals surface area contributed by atoms with Crippen molar-refractivity contribution in [1.82, 2.24) is 0 Å². The Balaban J connectivity index is 0. The summed E-state index contributed by atoms with van der Waals surface area (Å²) in [6, 6.07) is 0. The summed E-state index contributed by atoms with van der Waals surface area (Å²) >= 11 is 0. The van der Waals surface area contributed by atoms with E-state index in [0.29, 0.717) is 0 Å². The number of hydrogen-bond donors (Lipinski definition) is 0. The van der Waals surface area contributed by atoms with Crippen molar-refractivity contribution in [2.24, 2.45) is 0 Å². The molecule has 0 nitrogen and oxygen atoms in total. The van der Waals surface area contributed by atoms with Crippen LogP contribution in [0.4, 0.5) is 4.39 Å². The van der Waals surface area contributed by atoms with Gasteiger partial charge in [0.25, 0.3) is 0 Å². The first kappa shape index (κ1) is 12.8. The normalized spacial score (nSPS) is 10.7. The van der Waals surface area contributed by atoms with Gasteiger partial charge in [0.15, 0.2) is 0 Å². The smallest absolute Gasteiger partial charge is 0.111 e. The third-order valence-corrected chi connectivity index (χ3v) is 0.839. The van der Waals surface area contributed by atoms with E-state index in [9.17, 15) is 4.39 Å². The van der Waals surface area contributed by atoms with Gasteiger partial charge in [-0.1, -0.05) is 44.7 Å². The van der Waals surface area contributed by atoms with Gasteiger partial charge in [-0.05, 0) is 12.5 Å². The van der Waals surface area contributed by atoms with E-state index in [0.717, 1.165) is 5.57 Å². The monoisotopic (exact) mass is 156 g/mol. The minimum absolute atomic E-state index is 0.374. The van der Waals surface area contributed by atoms with E-state index < -0.39 is 0 Å². The van der Waals surface area contributed by atoms with E-state index in [1.165, 1.54) is 0 Å². The molecule has 0 aromatic heterocycles. The molecule has 0 radical (unpaired) electrons. The second kappa shape index (κ2) is 11.9. The van der Waals surface area contributed by atoms with Crippen molar-refractivity contribution in [2.75, 3.05) is 6.67 Å². The lowest BCUT2D eigenvalue weighted by molar-refractivity contribution is 0.543. The zero-order valence-corrected chi connectivity index (χ0v) is 7.60.